The second kappa shape index (κ2) is 5.40. The molecular weight excluding hydrogens is 180 g/mol. The molecule has 0 atom stereocenters. The third-order valence-electron chi connectivity index (χ3n) is 2.03. The second-order valence-electron chi connectivity index (χ2n) is 3.23. The highest BCUT2D eigenvalue weighted by Crippen LogP contribution is 2.08. The third kappa shape index (κ3) is 3.58. The minimum absolute atomic E-state index is 0.0345. The summed E-state index contributed by atoms with van der Waals surface area (Å²) in [6, 6.07) is 7.57. The Morgan fingerprint density at radius 1 is 1.29 bits per heavy atom. The number of hydrogen-bond acceptors (Lipinski definition) is 2. The normalized spacial score (nSPS) is 10.1. The molecule has 3 nitrogen and oxygen atoms in total. The third-order valence-corrected chi connectivity index (χ3v) is 2.03. The van der Waals surface area contributed by atoms with E-state index in [9.17, 15) is 4.79 Å². The molecule has 0 aliphatic heterocycles. The van der Waals surface area contributed by atoms with E-state index in [0.717, 1.165) is 17.5 Å². The smallest absolute Gasteiger partial charge is 0.303 e. The van der Waals surface area contributed by atoms with Gasteiger partial charge in [0.25, 0.3) is 0 Å². The van der Waals surface area contributed by atoms with Crippen LogP contribution in [0.1, 0.15) is 24.0 Å². The van der Waals surface area contributed by atoms with Gasteiger partial charge in [0.15, 0.2) is 0 Å². The fourth-order valence-electron chi connectivity index (χ4n) is 1.33. The first-order valence-electron chi connectivity index (χ1n) is 4.63. The average molecular weight is 194 g/mol. The van der Waals surface area contributed by atoms with Crippen molar-refractivity contribution < 1.29 is 15.0 Å². The van der Waals surface area contributed by atoms with E-state index in [1.165, 1.54) is 0 Å². The Balaban J connectivity index is 2.46. The van der Waals surface area contributed by atoms with Gasteiger partial charge >= 0.3 is 5.97 Å². The van der Waals surface area contributed by atoms with E-state index in [4.69, 9.17) is 10.2 Å². The predicted molar refractivity (Wildman–Crippen MR) is 52.9 cm³/mol. The average Bonchev–Trinajstić information content (AvgIpc) is 2.18. The van der Waals surface area contributed by atoms with Crippen molar-refractivity contribution >= 4 is 5.97 Å². The minimum Gasteiger partial charge on any atom is -0.481 e. The van der Waals surface area contributed by atoms with Crippen molar-refractivity contribution in [3.8, 4) is 0 Å². The molecular formula is C11H14O3. The number of aliphatic hydroxyl groups is 1. The van der Waals surface area contributed by atoms with Gasteiger partial charge in [0, 0.05) is 6.42 Å². The highest BCUT2D eigenvalue weighted by atomic mass is 16.4. The van der Waals surface area contributed by atoms with Crippen LogP contribution in [0.3, 0.4) is 0 Å². The molecule has 0 amide bonds. The number of hydrogen-bond donors (Lipinski definition) is 2. The Morgan fingerprint density at radius 2 is 2.00 bits per heavy atom. The zero-order chi connectivity index (χ0) is 10.4. The van der Waals surface area contributed by atoms with Crippen molar-refractivity contribution in [1.82, 2.24) is 0 Å². The van der Waals surface area contributed by atoms with Gasteiger partial charge in [-0.3, -0.25) is 4.79 Å². The van der Waals surface area contributed by atoms with E-state index in [-0.39, 0.29) is 13.0 Å². The summed E-state index contributed by atoms with van der Waals surface area (Å²) in [5.74, 6) is -0.761. The Hall–Kier alpha value is -1.35. The van der Waals surface area contributed by atoms with Gasteiger partial charge in [0.1, 0.15) is 0 Å². The molecule has 0 aromatic heterocycles. The molecule has 0 spiro atoms. The molecule has 76 valence electrons. The standard InChI is InChI=1S/C11H14O3/c12-8-10-5-1-3-9(7-10)4-2-6-11(13)14/h1,3,5,7,12H,2,4,6,8H2,(H,13,14). The van der Waals surface area contributed by atoms with E-state index in [1.54, 1.807) is 0 Å². The molecule has 0 unspecified atom stereocenters. The van der Waals surface area contributed by atoms with E-state index in [2.05, 4.69) is 0 Å². The van der Waals surface area contributed by atoms with Crippen molar-refractivity contribution in [1.29, 1.82) is 0 Å². The van der Waals surface area contributed by atoms with Gasteiger partial charge in [-0.25, -0.2) is 0 Å². The number of carboxylic acids is 1. The molecule has 0 aliphatic rings. The molecule has 1 rings (SSSR count). The lowest BCUT2D eigenvalue weighted by atomic mass is 10.1. The summed E-state index contributed by atoms with van der Waals surface area (Å²) in [6.45, 7) is 0.0345. The lowest BCUT2D eigenvalue weighted by Gasteiger charge is -2.01. The summed E-state index contributed by atoms with van der Waals surface area (Å²) < 4.78 is 0. The lowest BCUT2D eigenvalue weighted by Crippen LogP contribution is -1.96. The Morgan fingerprint density at radius 3 is 2.64 bits per heavy atom. The summed E-state index contributed by atoms with van der Waals surface area (Å²) in [5, 5.41) is 17.3. The predicted octanol–water partition coefficient (Wildman–Crippen LogP) is 1.59. The first kappa shape index (κ1) is 10.7. The molecule has 0 saturated heterocycles. The zero-order valence-electron chi connectivity index (χ0n) is 7.94. The number of carbonyl (C=O) groups is 1. The maximum Gasteiger partial charge on any atom is 0.303 e. The molecule has 3 heteroatoms. The highest BCUT2D eigenvalue weighted by molar-refractivity contribution is 5.66. The summed E-state index contributed by atoms with van der Waals surface area (Å²) in [4.78, 5) is 10.3. The first-order chi connectivity index (χ1) is 6.72. The van der Waals surface area contributed by atoms with Crippen LogP contribution in [0.5, 0.6) is 0 Å². The maximum absolute atomic E-state index is 10.3. The van der Waals surface area contributed by atoms with Crippen molar-refractivity contribution in [3.05, 3.63) is 35.4 Å². The maximum atomic E-state index is 10.3. The number of carboxylic acid groups (broad SMARTS) is 1. The molecule has 0 aliphatic carbocycles. The van der Waals surface area contributed by atoms with Gasteiger partial charge in [0.2, 0.25) is 0 Å². The largest absolute Gasteiger partial charge is 0.481 e. The Kier molecular flexibility index (Phi) is 4.13. The summed E-state index contributed by atoms with van der Waals surface area (Å²) in [7, 11) is 0. The van der Waals surface area contributed by atoms with Crippen LogP contribution in [-0.4, -0.2) is 16.2 Å². The number of rotatable bonds is 5. The van der Waals surface area contributed by atoms with Crippen LogP contribution in [0.4, 0.5) is 0 Å². The fourth-order valence-corrected chi connectivity index (χ4v) is 1.33. The molecule has 1 aromatic carbocycles. The van der Waals surface area contributed by atoms with Gasteiger partial charge in [-0.15, -0.1) is 0 Å². The van der Waals surface area contributed by atoms with Gasteiger partial charge < -0.3 is 10.2 Å². The Labute approximate surface area is 83.0 Å². The summed E-state index contributed by atoms with van der Waals surface area (Å²) in [6.07, 6.45) is 1.59. The number of aliphatic carboxylic acids is 1. The van der Waals surface area contributed by atoms with Crippen LogP contribution < -0.4 is 0 Å². The zero-order valence-corrected chi connectivity index (χ0v) is 7.94. The fraction of sp³-hybridized carbons (Fsp3) is 0.364. The highest BCUT2D eigenvalue weighted by Gasteiger charge is 1.98. The van der Waals surface area contributed by atoms with Gasteiger partial charge in [-0.2, -0.15) is 0 Å². The topological polar surface area (TPSA) is 57.5 Å². The van der Waals surface area contributed by atoms with Crippen LogP contribution >= 0.6 is 0 Å². The SMILES string of the molecule is O=C(O)CCCc1cccc(CO)c1. The van der Waals surface area contributed by atoms with Crippen LogP contribution in [0.2, 0.25) is 0 Å². The molecule has 0 fully saturated rings. The minimum atomic E-state index is -0.761. The van der Waals surface area contributed by atoms with Crippen molar-refractivity contribution in [2.75, 3.05) is 0 Å². The Bertz CT molecular complexity index is 307. The van der Waals surface area contributed by atoms with Crippen LogP contribution in [-0.2, 0) is 17.8 Å². The molecule has 1 aromatic rings. The van der Waals surface area contributed by atoms with Gasteiger partial charge in [-0.1, -0.05) is 24.3 Å². The van der Waals surface area contributed by atoms with Crippen molar-refractivity contribution in [2.45, 2.75) is 25.9 Å². The molecule has 2 N–H and O–H groups in total. The van der Waals surface area contributed by atoms with Gasteiger partial charge in [0.05, 0.1) is 6.61 Å². The quantitative estimate of drug-likeness (QED) is 0.748. The molecule has 0 radical (unpaired) electrons. The van der Waals surface area contributed by atoms with Crippen LogP contribution in [0.15, 0.2) is 24.3 Å². The van der Waals surface area contributed by atoms with E-state index >= 15 is 0 Å². The second-order valence-corrected chi connectivity index (χ2v) is 3.23. The lowest BCUT2D eigenvalue weighted by molar-refractivity contribution is -0.137. The van der Waals surface area contributed by atoms with Crippen molar-refractivity contribution in [2.24, 2.45) is 0 Å². The molecule has 14 heavy (non-hydrogen) atoms. The summed E-state index contributed by atoms with van der Waals surface area (Å²) in [5.41, 5.74) is 1.95. The van der Waals surface area contributed by atoms with Crippen LogP contribution in [0, 0.1) is 0 Å². The van der Waals surface area contributed by atoms with E-state index < -0.39 is 5.97 Å². The number of aliphatic hydroxyl groups excluding tert-OH is 1. The van der Waals surface area contributed by atoms with E-state index in [1.807, 2.05) is 24.3 Å². The van der Waals surface area contributed by atoms with E-state index in [0.29, 0.717) is 6.42 Å². The first-order valence-corrected chi connectivity index (χ1v) is 4.63. The van der Waals surface area contributed by atoms with Crippen LogP contribution in [0.25, 0.3) is 0 Å². The van der Waals surface area contributed by atoms with Crippen molar-refractivity contribution in [3.63, 3.8) is 0 Å². The number of aryl methyl sites for hydroxylation is 1. The molecule has 0 heterocycles. The summed E-state index contributed by atoms with van der Waals surface area (Å²) >= 11 is 0. The monoisotopic (exact) mass is 194 g/mol. The molecule has 0 bridgehead atoms. The number of benzene rings is 1. The van der Waals surface area contributed by atoms with Gasteiger partial charge in [-0.05, 0) is 24.0 Å². The molecule has 0 saturated carbocycles.